The lowest BCUT2D eigenvalue weighted by Crippen LogP contribution is -2.02. The zero-order chi connectivity index (χ0) is 12.4. The fourth-order valence-electron chi connectivity index (χ4n) is 2.84. The number of hydrogen-bond acceptors (Lipinski definition) is 1. The first-order valence-electron chi connectivity index (χ1n) is 6.80. The van der Waals surface area contributed by atoms with Crippen molar-refractivity contribution in [3.63, 3.8) is 0 Å². The average molecular weight is 240 g/mol. The van der Waals surface area contributed by atoms with Crippen molar-refractivity contribution < 1.29 is 0 Å². The second-order valence-corrected chi connectivity index (χ2v) is 5.19. The van der Waals surface area contributed by atoms with E-state index in [-0.39, 0.29) is 0 Å². The van der Waals surface area contributed by atoms with Crippen LogP contribution in [-0.4, -0.2) is 11.1 Å². The summed E-state index contributed by atoms with van der Waals surface area (Å²) in [6, 6.07) is 9.12. The van der Waals surface area contributed by atoms with Crippen LogP contribution in [0.3, 0.4) is 0 Å². The summed E-state index contributed by atoms with van der Waals surface area (Å²) in [6.45, 7) is 1.70. The third-order valence-corrected chi connectivity index (χ3v) is 3.77. The van der Waals surface area contributed by atoms with E-state index in [0.717, 1.165) is 19.5 Å². The van der Waals surface area contributed by atoms with Crippen LogP contribution in [-0.2, 0) is 25.8 Å². The predicted octanol–water partition coefficient (Wildman–Crippen LogP) is 2.53. The molecule has 18 heavy (non-hydrogen) atoms. The molecule has 0 spiro atoms. The fraction of sp³-hybridized carbons (Fsp3) is 0.375. The molecule has 2 heteroatoms. The van der Waals surface area contributed by atoms with Gasteiger partial charge in [0.05, 0.1) is 0 Å². The molecule has 1 aromatic heterocycles. The van der Waals surface area contributed by atoms with Crippen molar-refractivity contribution in [3.05, 3.63) is 58.9 Å². The van der Waals surface area contributed by atoms with Crippen LogP contribution in [0, 0.1) is 0 Å². The van der Waals surface area contributed by atoms with Gasteiger partial charge < -0.3 is 10.3 Å². The van der Waals surface area contributed by atoms with Crippen LogP contribution in [0.1, 0.15) is 28.7 Å². The van der Waals surface area contributed by atoms with E-state index in [2.05, 4.69) is 41.2 Å². The number of benzene rings is 1. The highest BCUT2D eigenvalue weighted by atomic mass is 14.9. The van der Waals surface area contributed by atoms with Crippen LogP contribution in [0.5, 0.6) is 0 Å². The minimum Gasteiger partial charge on any atom is -0.350 e. The lowest BCUT2D eigenvalue weighted by molar-refractivity contribution is 0.799. The third-order valence-electron chi connectivity index (χ3n) is 3.77. The smallest absolute Gasteiger partial charge is 0.0470 e. The standard InChI is InChI=1S/C16H20N2/c17-8-6-13-7-9-18(11-13)12-14-4-5-15-2-1-3-16(15)10-14/h4-5,7,9-11H,1-3,6,8,12,17H2. The van der Waals surface area contributed by atoms with E-state index < -0.39 is 0 Å². The van der Waals surface area contributed by atoms with Crippen LogP contribution in [0.25, 0.3) is 0 Å². The lowest BCUT2D eigenvalue weighted by Gasteiger charge is -2.06. The van der Waals surface area contributed by atoms with Crippen molar-refractivity contribution >= 4 is 0 Å². The first-order chi connectivity index (χ1) is 8.85. The van der Waals surface area contributed by atoms with Crippen molar-refractivity contribution in [2.24, 2.45) is 5.73 Å². The van der Waals surface area contributed by atoms with Crippen molar-refractivity contribution in [1.29, 1.82) is 0 Å². The predicted molar refractivity (Wildman–Crippen MR) is 74.8 cm³/mol. The van der Waals surface area contributed by atoms with Gasteiger partial charge in [0.15, 0.2) is 0 Å². The van der Waals surface area contributed by atoms with E-state index in [1.165, 1.54) is 30.4 Å². The van der Waals surface area contributed by atoms with Crippen LogP contribution in [0.4, 0.5) is 0 Å². The Kier molecular flexibility index (Phi) is 3.20. The Hall–Kier alpha value is -1.54. The van der Waals surface area contributed by atoms with Gasteiger partial charge in [0.1, 0.15) is 0 Å². The lowest BCUT2D eigenvalue weighted by atomic mass is 10.1. The molecule has 0 saturated heterocycles. The summed E-state index contributed by atoms with van der Waals surface area (Å²) in [6.07, 6.45) is 9.17. The zero-order valence-corrected chi connectivity index (χ0v) is 10.7. The molecule has 0 saturated carbocycles. The Bertz CT molecular complexity index is 540. The van der Waals surface area contributed by atoms with E-state index in [4.69, 9.17) is 5.73 Å². The summed E-state index contributed by atoms with van der Waals surface area (Å²) < 4.78 is 2.25. The largest absolute Gasteiger partial charge is 0.350 e. The van der Waals surface area contributed by atoms with Gasteiger partial charge in [0, 0.05) is 18.9 Å². The number of hydrogen-bond donors (Lipinski definition) is 1. The molecule has 0 atom stereocenters. The molecule has 0 fully saturated rings. The first-order valence-corrected chi connectivity index (χ1v) is 6.80. The number of aryl methyl sites for hydroxylation is 2. The maximum atomic E-state index is 5.57. The van der Waals surface area contributed by atoms with E-state index in [9.17, 15) is 0 Å². The van der Waals surface area contributed by atoms with Gasteiger partial charge in [-0.2, -0.15) is 0 Å². The van der Waals surface area contributed by atoms with Gasteiger partial charge in [-0.05, 0) is 60.5 Å². The molecule has 1 aliphatic rings. The summed E-state index contributed by atoms with van der Waals surface area (Å²) in [7, 11) is 0. The van der Waals surface area contributed by atoms with Gasteiger partial charge in [-0.3, -0.25) is 0 Å². The zero-order valence-electron chi connectivity index (χ0n) is 10.7. The summed E-state index contributed by atoms with van der Waals surface area (Å²) in [5.41, 5.74) is 11.4. The molecule has 0 amide bonds. The highest BCUT2D eigenvalue weighted by molar-refractivity contribution is 5.35. The van der Waals surface area contributed by atoms with Gasteiger partial charge in [-0.15, -0.1) is 0 Å². The molecule has 1 heterocycles. The van der Waals surface area contributed by atoms with Crippen molar-refractivity contribution in [2.45, 2.75) is 32.2 Å². The Balaban J connectivity index is 1.75. The first kappa shape index (κ1) is 11.5. The summed E-state index contributed by atoms with van der Waals surface area (Å²) >= 11 is 0. The number of nitrogens with zero attached hydrogens (tertiary/aromatic N) is 1. The number of nitrogens with two attached hydrogens (primary N) is 1. The molecular formula is C16H20N2. The Morgan fingerprint density at radius 1 is 1.06 bits per heavy atom. The molecule has 0 radical (unpaired) electrons. The Morgan fingerprint density at radius 3 is 2.83 bits per heavy atom. The highest BCUT2D eigenvalue weighted by Crippen LogP contribution is 2.23. The molecule has 2 N–H and O–H groups in total. The van der Waals surface area contributed by atoms with Gasteiger partial charge in [-0.25, -0.2) is 0 Å². The molecule has 0 aliphatic heterocycles. The van der Waals surface area contributed by atoms with Crippen LogP contribution in [0.15, 0.2) is 36.7 Å². The van der Waals surface area contributed by atoms with Crippen molar-refractivity contribution in [3.8, 4) is 0 Å². The second-order valence-electron chi connectivity index (χ2n) is 5.19. The SMILES string of the molecule is NCCc1ccn(Cc2ccc3c(c2)CCC3)c1. The second kappa shape index (κ2) is 4.99. The normalized spacial score (nSPS) is 13.8. The molecule has 3 rings (SSSR count). The minimum absolute atomic E-state index is 0.725. The molecule has 2 aromatic rings. The minimum atomic E-state index is 0.725. The van der Waals surface area contributed by atoms with E-state index in [0.29, 0.717) is 0 Å². The molecule has 0 bridgehead atoms. The van der Waals surface area contributed by atoms with Crippen LogP contribution >= 0.6 is 0 Å². The molecule has 0 unspecified atom stereocenters. The quantitative estimate of drug-likeness (QED) is 0.874. The molecule has 2 nitrogen and oxygen atoms in total. The molecular weight excluding hydrogens is 220 g/mol. The Labute approximate surface area is 108 Å². The van der Waals surface area contributed by atoms with Crippen LogP contribution < -0.4 is 5.73 Å². The summed E-state index contributed by atoms with van der Waals surface area (Å²) in [5.74, 6) is 0. The van der Waals surface area contributed by atoms with E-state index in [1.807, 2.05) is 0 Å². The number of fused-ring (bicyclic) bond motifs is 1. The van der Waals surface area contributed by atoms with E-state index >= 15 is 0 Å². The fourth-order valence-corrected chi connectivity index (χ4v) is 2.84. The molecule has 1 aromatic carbocycles. The summed E-state index contributed by atoms with van der Waals surface area (Å²) in [4.78, 5) is 0. The third kappa shape index (κ3) is 2.34. The van der Waals surface area contributed by atoms with Crippen molar-refractivity contribution in [2.75, 3.05) is 6.54 Å². The molecule has 94 valence electrons. The Morgan fingerprint density at radius 2 is 1.94 bits per heavy atom. The molecule has 1 aliphatic carbocycles. The maximum absolute atomic E-state index is 5.57. The van der Waals surface area contributed by atoms with Crippen molar-refractivity contribution in [1.82, 2.24) is 4.57 Å². The van der Waals surface area contributed by atoms with Gasteiger partial charge >= 0.3 is 0 Å². The van der Waals surface area contributed by atoms with Gasteiger partial charge in [0.25, 0.3) is 0 Å². The monoisotopic (exact) mass is 240 g/mol. The summed E-state index contributed by atoms with van der Waals surface area (Å²) in [5, 5.41) is 0. The topological polar surface area (TPSA) is 30.9 Å². The number of aromatic nitrogens is 1. The average Bonchev–Trinajstić information content (AvgIpc) is 2.98. The van der Waals surface area contributed by atoms with Crippen LogP contribution in [0.2, 0.25) is 0 Å². The number of rotatable bonds is 4. The maximum Gasteiger partial charge on any atom is 0.0470 e. The van der Waals surface area contributed by atoms with Gasteiger partial charge in [-0.1, -0.05) is 18.2 Å². The highest BCUT2D eigenvalue weighted by Gasteiger charge is 2.10. The van der Waals surface area contributed by atoms with E-state index in [1.54, 1.807) is 11.1 Å². The van der Waals surface area contributed by atoms with Gasteiger partial charge in [0.2, 0.25) is 0 Å².